The summed E-state index contributed by atoms with van der Waals surface area (Å²) in [6, 6.07) is 0. The quantitative estimate of drug-likeness (QED) is 0.548. The van der Waals surface area contributed by atoms with Gasteiger partial charge in [0, 0.05) is 26.6 Å². The van der Waals surface area contributed by atoms with Crippen molar-refractivity contribution >= 4 is 39.3 Å². The van der Waals surface area contributed by atoms with E-state index in [9.17, 15) is 22.8 Å². The molecule has 9 nitrogen and oxygen atoms in total. The van der Waals surface area contributed by atoms with Gasteiger partial charge in [0.1, 0.15) is 12.4 Å². The first-order valence-corrected chi connectivity index (χ1v) is 9.66. The zero-order valence-corrected chi connectivity index (χ0v) is 17.0. The van der Waals surface area contributed by atoms with Gasteiger partial charge in [0.05, 0.1) is 11.3 Å². The Morgan fingerprint density at radius 3 is 2.07 bits per heavy atom. The van der Waals surface area contributed by atoms with Gasteiger partial charge < -0.3 is 15.0 Å². The molecule has 1 aromatic rings. The van der Waals surface area contributed by atoms with Gasteiger partial charge in [-0.15, -0.1) is 0 Å². The van der Waals surface area contributed by atoms with E-state index in [2.05, 4.69) is 5.32 Å². The molecule has 150 valence electrons. The van der Waals surface area contributed by atoms with Gasteiger partial charge in [0.25, 0.3) is 10.1 Å². The zero-order chi connectivity index (χ0) is 21.1. The third kappa shape index (κ3) is 5.51. The molecule has 0 atom stereocenters. The molecule has 0 aromatic heterocycles. The topological polar surface area (TPSA) is 130 Å². The lowest BCUT2D eigenvalue weighted by atomic mass is 9.94. The summed E-state index contributed by atoms with van der Waals surface area (Å²) in [5.41, 5.74) is 2.41. The second kappa shape index (κ2) is 8.49. The van der Waals surface area contributed by atoms with Gasteiger partial charge >= 0.3 is 5.97 Å². The summed E-state index contributed by atoms with van der Waals surface area (Å²) < 4.78 is 35.3. The van der Waals surface area contributed by atoms with Crippen LogP contribution in [0.2, 0.25) is 0 Å². The number of carbonyl (C=O) groups is 3. The van der Waals surface area contributed by atoms with Crippen LogP contribution in [0.3, 0.4) is 0 Å². The number of carbonyl (C=O) groups excluding carboxylic acids is 3. The summed E-state index contributed by atoms with van der Waals surface area (Å²) >= 11 is 0. The second-order valence-electron chi connectivity index (χ2n) is 6.15. The normalized spacial score (nSPS) is 11.1. The molecule has 0 spiro atoms. The Morgan fingerprint density at radius 2 is 1.63 bits per heavy atom. The lowest BCUT2D eigenvalue weighted by Crippen LogP contribution is -2.27. The molecule has 0 fully saturated rings. The highest BCUT2D eigenvalue weighted by Gasteiger charge is 2.26. The van der Waals surface area contributed by atoms with Crippen LogP contribution in [0.25, 0.3) is 0 Å². The van der Waals surface area contributed by atoms with Crippen molar-refractivity contribution in [2.24, 2.45) is 0 Å². The predicted molar refractivity (Wildman–Crippen MR) is 101 cm³/mol. The van der Waals surface area contributed by atoms with E-state index in [-0.39, 0.29) is 17.4 Å². The molecule has 0 heterocycles. The zero-order valence-electron chi connectivity index (χ0n) is 16.2. The smallest absolute Gasteiger partial charge is 0.338 e. The van der Waals surface area contributed by atoms with Gasteiger partial charge in [0.15, 0.2) is 0 Å². The van der Waals surface area contributed by atoms with Gasteiger partial charge in [-0.3, -0.25) is 14.1 Å². The van der Waals surface area contributed by atoms with Crippen LogP contribution < -0.4 is 10.2 Å². The third-order valence-electron chi connectivity index (χ3n) is 4.10. The molecule has 0 aliphatic carbocycles. The summed E-state index contributed by atoms with van der Waals surface area (Å²) in [6.07, 6.45) is 0. The fraction of sp³-hybridized carbons (Fsp3) is 0.471. The Morgan fingerprint density at radius 1 is 1.07 bits per heavy atom. The van der Waals surface area contributed by atoms with Gasteiger partial charge in [0.2, 0.25) is 11.8 Å². The fourth-order valence-corrected chi connectivity index (χ4v) is 3.14. The number of esters is 1. The number of rotatable bonds is 6. The van der Waals surface area contributed by atoms with Crippen molar-refractivity contribution in [2.75, 3.05) is 29.6 Å². The van der Waals surface area contributed by atoms with Crippen LogP contribution in [0.15, 0.2) is 0 Å². The first kappa shape index (κ1) is 22.6. The van der Waals surface area contributed by atoms with Crippen LogP contribution in [-0.2, 0) is 24.4 Å². The molecule has 0 unspecified atom stereocenters. The van der Waals surface area contributed by atoms with Crippen LogP contribution in [0, 0.1) is 20.8 Å². The molecule has 1 rings (SSSR count). The highest BCUT2D eigenvalue weighted by atomic mass is 32.2. The SMILES string of the molecule is CC(=O)Nc1c(C)c(C(=O)OCCS(=O)(=O)O)c(C)c(N(C)C(C)=O)c1C. The maximum Gasteiger partial charge on any atom is 0.338 e. The molecule has 0 aliphatic rings. The van der Waals surface area contributed by atoms with Crippen molar-refractivity contribution in [1.82, 2.24) is 0 Å². The Labute approximate surface area is 158 Å². The Hall–Kier alpha value is -2.46. The van der Waals surface area contributed by atoms with Gasteiger partial charge in [-0.05, 0) is 37.5 Å². The van der Waals surface area contributed by atoms with E-state index in [4.69, 9.17) is 9.29 Å². The van der Waals surface area contributed by atoms with Gasteiger partial charge in [-0.1, -0.05) is 0 Å². The molecule has 1 aromatic carbocycles. The van der Waals surface area contributed by atoms with E-state index in [0.29, 0.717) is 28.1 Å². The fourth-order valence-electron chi connectivity index (χ4n) is 2.85. The van der Waals surface area contributed by atoms with Crippen LogP contribution in [0.4, 0.5) is 11.4 Å². The molecule has 10 heteroatoms. The number of ether oxygens (including phenoxy) is 1. The minimum atomic E-state index is -4.27. The van der Waals surface area contributed by atoms with Crippen molar-refractivity contribution in [3.63, 3.8) is 0 Å². The third-order valence-corrected chi connectivity index (χ3v) is 4.78. The molecule has 0 saturated heterocycles. The van der Waals surface area contributed by atoms with Gasteiger partial charge in [-0.25, -0.2) is 4.79 Å². The monoisotopic (exact) mass is 400 g/mol. The second-order valence-corrected chi connectivity index (χ2v) is 7.73. The average Bonchev–Trinajstić information content (AvgIpc) is 2.49. The van der Waals surface area contributed by atoms with E-state index < -0.39 is 28.4 Å². The molecule has 2 amide bonds. The summed E-state index contributed by atoms with van der Waals surface area (Å²) in [4.78, 5) is 37.3. The van der Waals surface area contributed by atoms with Gasteiger partial charge in [-0.2, -0.15) is 8.42 Å². The Bertz CT molecular complexity index is 891. The van der Waals surface area contributed by atoms with Crippen LogP contribution in [0.5, 0.6) is 0 Å². The number of hydrogen-bond donors (Lipinski definition) is 2. The standard InChI is InChI=1S/C17H24N2O7S/c1-9-14(17(22)26-7-8-27(23,24)25)10(2)16(19(6)13(5)21)11(3)15(9)18-12(4)20/h7-8H2,1-6H3,(H,18,20)(H,23,24,25). The van der Waals surface area contributed by atoms with E-state index in [1.54, 1.807) is 20.8 Å². The largest absolute Gasteiger partial charge is 0.461 e. The summed E-state index contributed by atoms with van der Waals surface area (Å²) in [5.74, 6) is -2.18. The number of nitrogens with one attached hydrogen (secondary N) is 1. The van der Waals surface area contributed by atoms with Crippen molar-refractivity contribution in [3.8, 4) is 0 Å². The molecule has 2 N–H and O–H groups in total. The molecule has 0 saturated carbocycles. The summed E-state index contributed by atoms with van der Waals surface area (Å²) in [5, 5.41) is 2.66. The van der Waals surface area contributed by atoms with Crippen molar-refractivity contribution in [1.29, 1.82) is 0 Å². The van der Waals surface area contributed by atoms with Crippen LogP contribution in [-0.4, -0.2) is 50.2 Å². The number of anilines is 2. The van der Waals surface area contributed by atoms with E-state index in [1.807, 2.05) is 0 Å². The van der Waals surface area contributed by atoms with Crippen LogP contribution in [0.1, 0.15) is 40.9 Å². The lowest BCUT2D eigenvalue weighted by molar-refractivity contribution is -0.116. The predicted octanol–water partition coefficient (Wildman–Crippen LogP) is 1.60. The molecule has 0 bridgehead atoms. The number of hydrogen-bond acceptors (Lipinski definition) is 6. The Kier molecular flexibility index (Phi) is 7.10. The lowest BCUT2D eigenvalue weighted by Gasteiger charge is -2.26. The first-order chi connectivity index (χ1) is 12.3. The minimum absolute atomic E-state index is 0.114. The minimum Gasteiger partial charge on any atom is -0.461 e. The van der Waals surface area contributed by atoms with Crippen LogP contribution >= 0.6 is 0 Å². The molecule has 0 aliphatic heterocycles. The van der Waals surface area contributed by atoms with Crippen molar-refractivity contribution in [3.05, 3.63) is 22.3 Å². The first-order valence-electron chi connectivity index (χ1n) is 8.05. The maximum absolute atomic E-state index is 12.6. The maximum atomic E-state index is 12.6. The molecule has 0 radical (unpaired) electrons. The molecular weight excluding hydrogens is 376 g/mol. The molecule has 27 heavy (non-hydrogen) atoms. The van der Waals surface area contributed by atoms with E-state index >= 15 is 0 Å². The highest BCUT2D eigenvalue weighted by molar-refractivity contribution is 7.85. The summed E-state index contributed by atoms with van der Waals surface area (Å²) in [7, 11) is -2.73. The Balaban J connectivity index is 3.53. The van der Waals surface area contributed by atoms with Crippen molar-refractivity contribution < 1.29 is 32.1 Å². The van der Waals surface area contributed by atoms with Crippen molar-refractivity contribution in [2.45, 2.75) is 34.6 Å². The average molecular weight is 400 g/mol. The number of nitrogens with zero attached hydrogens (tertiary/aromatic N) is 1. The molecular formula is C17H24N2O7S. The number of benzene rings is 1. The van der Waals surface area contributed by atoms with E-state index in [1.165, 1.54) is 25.8 Å². The highest BCUT2D eigenvalue weighted by Crippen LogP contribution is 2.37. The van der Waals surface area contributed by atoms with E-state index in [0.717, 1.165) is 0 Å². The summed E-state index contributed by atoms with van der Waals surface area (Å²) in [6.45, 7) is 7.11. The number of amides is 2.